The molecule has 0 heterocycles. The van der Waals surface area contributed by atoms with Crippen LogP contribution in [-0.4, -0.2) is 28.6 Å². The number of aliphatic hydroxyl groups is 1. The molecule has 0 aliphatic carbocycles. The van der Waals surface area contributed by atoms with Crippen LogP contribution in [0.4, 0.5) is 0 Å². The molecule has 90 valence electrons. The number of nitrogens with zero attached hydrogens (tertiary/aromatic N) is 1. The van der Waals surface area contributed by atoms with Gasteiger partial charge in [-0.05, 0) is 32.5 Å². The molecule has 0 radical (unpaired) electrons. The van der Waals surface area contributed by atoms with Gasteiger partial charge in [-0.15, -0.1) is 0 Å². The van der Waals surface area contributed by atoms with Crippen molar-refractivity contribution in [2.24, 2.45) is 0 Å². The third-order valence-corrected chi connectivity index (χ3v) is 3.36. The van der Waals surface area contributed by atoms with Crippen LogP contribution in [0, 0.1) is 0 Å². The quantitative estimate of drug-likeness (QED) is 0.826. The van der Waals surface area contributed by atoms with Crippen molar-refractivity contribution in [3.05, 3.63) is 35.9 Å². The molecule has 0 aliphatic heterocycles. The Balaban J connectivity index is 2.91. The van der Waals surface area contributed by atoms with Crippen LogP contribution in [0.3, 0.4) is 0 Å². The number of benzene rings is 1. The number of aliphatic hydroxyl groups excluding tert-OH is 1. The molecular weight excluding hydrogens is 198 g/mol. The minimum Gasteiger partial charge on any atom is -0.386 e. The summed E-state index contributed by atoms with van der Waals surface area (Å²) >= 11 is 0. The maximum absolute atomic E-state index is 10.4. The zero-order chi connectivity index (χ0) is 12.2. The van der Waals surface area contributed by atoms with Crippen molar-refractivity contribution in [2.45, 2.75) is 39.3 Å². The SMILES string of the molecule is CCN(CC)C(C)(C)C(O)c1ccccc1. The number of rotatable bonds is 5. The van der Waals surface area contributed by atoms with Gasteiger partial charge in [-0.3, -0.25) is 4.90 Å². The minimum atomic E-state index is -0.450. The van der Waals surface area contributed by atoms with E-state index in [1.807, 2.05) is 30.3 Å². The summed E-state index contributed by atoms with van der Waals surface area (Å²) in [6.45, 7) is 10.3. The number of hydrogen-bond acceptors (Lipinski definition) is 2. The van der Waals surface area contributed by atoms with Crippen LogP contribution in [0.5, 0.6) is 0 Å². The lowest BCUT2D eigenvalue weighted by molar-refractivity contribution is -0.00626. The maximum Gasteiger partial charge on any atom is 0.0968 e. The number of hydrogen-bond donors (Lipinski definition) is 1. The summed E-state index contributed by atoms with van der Waals surface area (Å²) in [6.07, 6.45) is -0.450. The molecule has 0 saturated heterocycles. The fourth-order valence-electron chi connectivity index (χ4n) is 2.25. The van der Waals surface area contributed by atoms with Crippen molar-refractivity contribution >= 4 is 0 Å². The Morgan fingerprint density at radius 1 is 1.12 bits per heavy atom. The van der Waals surface area contributed by atoms with Crippen LogP contribution in [0.1, 0.15) is 39.4 Å². The van der Waals surface area contributed by atoms with Crippen molar-refractivity contribution < 1.29 is 5.11 Å². The van der Waals surface area contributed by atoms with Crippen LogP contribution < -0.4 is 0 Å². The first-order chi connectivity index (χ1) is 7.54. The first-order valence-corrected chi connectivity index (χ1v) is 6.02. The summed E-state index contributed by atoms with van der Waals surface area (Å²) in [5.41, 5.74) is 0.754. The topological polar surface area (TPSA) is 23.5 Å². The molecule has 0 aliphatic rings. The smallest absolute Gasteiger partial charge is 0.0968 e. The average Bonchev–Trinajstić information content (AvgIpc) is 2.30. The van der Waals surface area contributed by atoms with Gasteiger partial charge in [-0.1, -0.05) is 44.2 Å². The summed E-state index contributed by atoms with van der Waals surface area (Å²) in [5, 5.41) is 10.4. The van der Waals surface area contributed by atoms with E-state index in [-0.39, 0.29) is 5.54 Å². The molecule has 2 nitrogen and oxygen atoms in total. The van der Waals surface area contributed by atoms with E-state index in [1.54, 1.807) is 0 Å². The van der Waals surface area contributed by atoms with Crippen LogP contribution in [0.2, 0.25) is 0 Å². The van der Waals surface area contributed by atoms with Gasteiger partial charge in [0, 0.05) is 5.54 Å². The lowest BCUT2D eigenvalue weighted by atomic mass is 9.89. The van der Waals surface area contributed by atoms with Gasteiger partial charge in [0.25, 0.3) is 0 Å². The molecule has 1 N–H and O–H groups in total. The highest BCUT2D eigenvalue weighted by Crippen LogP contribution is 2.30. The van der Waals surface area contributed by atoms with Crippen molar-refractivity contribution in [3.8, 4) is 0 Å². The highest BCUT2D eigenvalue weighted by atomic mass is 16.3. The molecule has 1 unspecified atom stereocenters. The minimum absolute atomic E-state index is 0.231. The third-order valence-electron chi connectivity index (χ3n) is 3.36. The molecule has 16 heavy (non-hydrogen) atoms. The fraction of sp³-hybridized carbons (Fsp3) is 0.571. The second kappa shape index (κ2) is 5.46. The molecule has 0 bridgehead atoms. The normalized spacial score (nSPS) is 14.1. The first kappa shape index (κ1) is 13.2. The number of likely N-dealkylation sites (N-methyl/N-ethyl adjacent to an activating group) is 1. The van der Waals surface area contributed by atoms with E-state index < -0.39 is 6.10 Å². The van der Waals surface area contributed by atoms with Gasteiger partial charge >= 0.3 is 0 Å². The monoisotopic (exact) mass is 221 g/mol. The molecule has 1 rings (SSSR count). The van der Waals surface area contributed by atoms with Crippen LogP contribution >= 0.6 is 0 Å². The first-order valence-electron chi connectivity index (χ1n) is 6.02. The summed E-state index contributed by atoms with van der Waals surface area (Å²) in [5.74, 6) is 0. The van der Waals surface area contributed by atoms with E-state index in [9.17, 15) is 5.11 Å². The Morgan fingerprint density at radius 2 is 1.62 bits per heavy atom. The Hall–Kier alpha value is -0.860. The zero-order valence-corrected chi connectivity index (χ0v) is 10.8. The van der Waals surface area contributed by atoms with Gasteiger partial charge in [-0.2, -0.15) is 0 Å². The Bertz CT molecular complexity index is 304. The molecular formula is C14H23NO. The maximum atomic E-state index is 10.4. The van der Waals surface area contributed by atoms with Gasteiger partial charge in [0.15, 0.2) is 0 Å². The van der Waals surface area contributed by atoms with E-state index in [1.165, 1.54) is 0 Å². The van der Waals surface area contributed by atoms with Gasteiger partial charge in [0.2, 0.25) is 0 Å². The third kappa shape index (κ3) is 2.63. The Morgan fingerprint density at radius 3 is 2.06 bits per heavy atom. The van der Waals surface area contributed by atoms with Crippen molar-refractivity contribution in [1.82, 2.24) is 4.90 Å². The van der Waals surface area contributed by atoms with E-state index in [0.717, 1.165) is 18.7 Å². The fourth-order valence-corrected chi connectivity index (χ4v) is 2.25. The molecule has 0 aromatic heterocycles. The molecule has 1 aromatic carbocycles. The Labute approximate surface area is 98.9 Å². The average molecular weight is 221 g/mol. The molecule has 0 saturated carbocycles. The molecule has 2 heteroatoms. The molecule has 0 spiro atoms. The second-order valence-electron chi connectivity index (χ2n) is 4.64. The predicted octanol–water partition coefficient (Wildman–Crippen LogP) is 2.84. The summed E-state index contributed by atoms with van der Waals surface area (Å²) in [7, 11) is 0. The highest BCUT2D eigenvalue weighted by Gasteiger charge is 2.33. The van der Waals surface area contributed by atoms with E-state index in [2.05, 4.69) is 32.6 Å². The molecule has 1 atom stereocenters. The van der Waals surface area contributed by atoms with Crippen LogP contribution in [-0.2, 0) is 0 Å². The largest absolute Gasteiger partial charge is 0.386 e. The molecule has 0 fully saturated rings. The molecule has 1 aromatic rings. The molecule has 0 amide bonds. The van der Waals surface area contributed by atoms with Gasteiger partial charge in [0.1, 0.15) is 0 Å². The summed E-state index contributed by atoms with van der Waals surface area (Å²) in [4.78, 5) is 2.28. The summed E-state index contributed by atoms with van der Waals surface area (Å²) in [6, 6.07) is 9.88. The van der Waals surface area contributed by atoms with Gasteiger partial charge in [0.05, 0.1) is 6.10 Å². The van der Waals surface area contributed by atoms with Crippen molar-refractivity contribution in [2.75, 3.05) is 13.1 Å². The zero-order valence-electron chi connectivity index (χ0n) is 10.8. The van der Waals surface area contributed by atoms with E-state index >= 15 is 0 Å². The second-order valence-corrected chi connectivity index (χ2v) is 4.64. The Kier molecular flexibility index (Phi) is 4.51. The van der Waals surface area contributed by atoms with Crippen molar-refractivity contribution in [3.63, 3.8) is 0 Å². The lowest BCUT2D eigenvalue weighted by Gasteiger charge is -2.41. The van der Waals surface area contributed by atoms with Crippen LogP contribution in [0.25, 0.3) is 0 Å². The van der Waals surface area contributed by atoms with Crippen molar-refractivity contribution in [1.29, 1.82) is 0 Å². The van der Waals surface area contributed by atoms with Crippen LogP contribution in [0.15, 0.2) is 30.3 Å². The predicted molar refractivity (Wildman–Crippen MR) is 68.4 cm³/mol. The summed E-state index contributed by atoms with van der Waals surface area (Å²) < 4.78 is 0. The standard InChI is InChI=1S/C14H23NO/c1-5-15(6-2)14(3,4)13(16)12-10-8-7-9-11-12/h7-11,13,16H,5-6H2,1-4H3. The van der Waals surface area contributed by atoms with Gasteiger partial charge in [-0.25, -0.2) is 0 Å². The van der Waals surface area contributed by atoms with E-state index in [4.69, 9.17) is 0 Å². The van der Waals surface area contributed by atoms with E-state index in [0.29, 0.717) is 0 Å². The lowest BCUT2D eigenvalue weighted by Crippen LogP contribution is -2.48. The highest BCUT2D eigenvalue weighted by molar-refractivity contribution is 5.20. The van der Waals surface area contributed by atoms with Gasteiger partial charge < -0.3 is 5.11 Å².